The third-order valence-corrected chi connectivity index (χ3v) is 16.1. The Labute approximate surface area is 503 Å². The number of nitrogens with zero attached hydrogens (tertiary/aromatic N) is 4. The van der Waals surface area contributed by atoms with Crippen LogP contribution < -0.4 is 14.5 Å². The SMILES string of the molecule is CC(C)c1cc(-c2cc(C(C)(C)C)cc(-c3c(F)cc(F)cc3F)c2N2[CH-]N(c3[c-]c(Oc4[c-]c5c(cc4)c4ccccc4n5-c4cc(C(C)(C)C)ccn4)cc(-c4c(C(C)C)cccc4C(C)C)c3)c3ccccc32)cc(C(C)C)c1.[Pt]. The van der Waals surface area contributed by atoms with Crippen LogP contribution in [0.3, 0.4) is 0 Å². The molecule has 8 aromatic carbocycles. The number of hydrogen-bond acceptors (Lipinski definition) is 4. The standard InChI is InChI=1S/C74H72F3N4O.Pt/c1-43(2)47-30-48(44(3)4)32-49(31-47)61-35-52(74(12,13)14)36-62(71-63(76)38-53(75)39-64(71)77)72(61)80-42-79(66-24-17-18-25-67(66)80)54-33-50(70-57(45(5)6)21-19-22-58(70)46(7)8)34-56(40-54)82-55-26-27-60-59-20-15-16-23-65(59)81(68(60)41-55)69-37-51(28-29-78-69)73(9,10)11;/h15-39,42-46H,1-14H3;/q-3;. The average Bonchev–Trinajstić information content (AvgIpc) is 2.00. The second-order valence-corrected chi connectivity index (χ2v) is 25.4. The van der Waals surface area contributed by atoms with Crippen molar-refractivity contribution in [3.8, 4) is 50.7 Å². The number of anilines is 4. The van der Waals surface area contributed by atoms with Crippen LogP contribution >= 0.6 is 0 Å². The molecule has 3 heterocycles. The number of benzene rings is 8. The molecule has 0 atom stereocenters. The van der Waals surface area contributed by atoms with Gasteiger partial charge in [0.25, 0.3) is 0 Å². The molecule has 2 aromatic heterocycles. The maximum Gasteiger partial charge on any atom is 0.136 e. The van der Waals surface area contributed by atoms with Crippen LogP contribution in [0.2, 0.25) is 0 Å². The normalized spacial score (nSPS) is 12.9. The van der Waals surface area contributed by atoms with Gasteiger partial charge in [0, 0.05) is 84.6 Å². The molecule has 0 bridgehead atoms. The number of para-hydroxylation sites is 3. The number of fused-ring (bicyclic) bond motifs is 4. The minimum atomic E-state index is -0.989. The van der Waals surface area contributed by atoms with Crippen molar-refractivity contribution in [2.45, 2.75) is 131 Å². The zero-order valence-electron chi connectivity index (χ0n) is 50.0. The van der Waals surface area contributed by atoms with Crippen LogP contribution in [0.4, 0.5) is 35.9 Å². The summed E-state index contributed by atoms with van der Waals surface area (Å²) in [6.45, 7) is 32.5. The molecule has 428 valence electrons. The van der Waals surface area contributed by atoms with Crippen LogP contribution in [0.15, 0.2) is 152 Å². The fourth-order valence-corrected chi connectivity index (χ4v) is 11.6. The second kappa shape index (κ2) is 22.6. The van der Waals surface area contributed by atoms with Crippen molar-refractivity contribution in [2.24, 2.45) is 0 Å². The molecule has 0 radical (unpaired) electrons. The van der Waals surface area contributed by atoms with Crippen LogP contribution in [-0.4, -0.2) is 9.55 Å². The first kappa shape index (κ1) is 58.8. The summed E-state index contributed by atoms with van der Waals surface area (Å²) < 4.78 is 57.8. The summed E-state index contributed by atoms with van der Waals surface area (Å²) in [6.07, 6.45) is 1.88. The molecule has 0 fully saturated rings. The molecule has 83 heavy (non-hydrogen) atoms. The zero-order valence-corrected chi connectivity index (χ0v) is 52.2. The molecule has 0 N–H and O–H groups in total. The van der Waals surface area contributed by atoms with Gasteiger partial charge in [-0.15, -0.1) is 53.6 Å². The molecule has 11 rings (SSSR count). The molecular formula is C74H72F3N4OPt-3. The number of hydrogen-bond donors (Lipinski definition) is 0. The zero-order chi connectivity index (χ0) is 58.3. The minimum absolute atomic E-state index is 0. The quantitative estimate of drug-likeness (QED) is 0.114. The molecule has 0 saturated heterocycles. The molecule has 0 aliphatic carbocycles. The van der Waals surface area contributed by atoms with Crippen LogP contribution in [0.25, 0.3) is 61.0 Å². The molecule has 10 aromatic rings. The number of aromatic nitrogens is 2. The Hall–Kier alpha value is -7.41. The predicted octanol–water partition coefficient (Wildman–Crippen LogP) is 21.5. The topological polar surface area (TPSA) is 33.5 Å². The number of ether oxygens (including phenoxy) is 1. The van der Waals surface area contributed by atoms with E-state index in [1.165, 1.54) is 16.7 Å². The van der Waals surface area contributed by atoms with E-state index in [0.29, 0.717) is 28.4 Å². The smallest absolute Gasteiger partial charge is 0.136 e. The Morgan fingerprint density at radius 2 is 1.12 bits per heavy atom. The van der Waals surface area contributed by atoms with E-state index >= 15 is 13.2 Å². The van der Waals surface area contributed by atoms with Crippen molar-refractivity contribution in [3.63, 3.8) is 0 Å². The third kappa shape index (κ3) is 11.2. The Bertz CT molecular complexity index is 4030. The summed E-state index contributed by atoms with van der Waals surface area (Å²) in [5.41, 5.74) is 14.5. The minimum Gasteiger partial charge on any atom is -0.509 e. The molecule has 0 unspecified atom stereocenters. The van der Waals surface area contributed by atoms with E-state index in [9.17, 15) is 0 Å². The first-order valence-corrected chi connectivity index (χ1v) is 28.8. The molecule has 1 aliphatic heterocycles. The van der Waals surface area contributed by atoms with Gasteiger partial charge >= 0.3 is 0 Å². The van der Waals surface area contributed by atoms with E-state index in [0.717, 1.165) is 90.1 Å². The molecule has 9 heteroatoms. The van der Waals surface area contributed by atoms with Crippen LogP contribution in [0.1, 0.15) is 154 Å². The Morgan fingerprint density at radius 3 is 1.73 bits per heavy atom. The fourth-order valence-electron chi connectivity index (χ4n) is 11.6. The van der Waals surface area contributed by atoms with Crippen molar-refractivity contribution < 1.29 is 39.0 Å². The first-order chi connectivity index (χ1) is 38.9. The van der Waals surface area contributed by atoms with Gasteiger partial charge in [0.15, 0.2) is 0 Å². The van der Waals surface area contributed by atoms with Gasteiger partial charge in [0.2, 0.25) is 0 Å². The predicted molar refractivity (Wildman–Crippen MR) is 334 cm³/mol. The van der Waals surface area contributed by atoms with E-state index in [1.807, 2.05) is 48.1 Å². The van der Waals surface area contributed by atoms with Crippen molar-refractivity contribution in [1.29, 1.82) is 0 Å². The van der Waals surface area contributed by atoms with Crippen LogP contribution in [-0.2, 0) is 31.9 Å². The summed E-state index contributed by atoms with van der Waals surface area (Å²) in [6, 6.07) is 55.2. The molecule has 5 nitrogen and oxygen atoms in total. The molecule has 0 spiro atoms. The van der Waals surface area contributed by atoms with Gasteiger partial charge in [-0.2, -0.15) is 6.07 Å². The van der Waals surface area contributed by atoms with Crippen molar-refractivity contribution in [2.75, 3.05) is 9.80 Å². The maximum atomic E-state index is 16.8. The van der Waals surface area contributed by atoms with E-state index < -0.39 is 22.9 Å². The maximum absolute atomic E-state index is 16.8. The number of pyridine rings is 1. The Morgan fingerprint density at radius 1 is 0.518 bits per heavy atom. The molecule has 0 saturated carbocycles. The van der Waals surface area contributed by atoms with Gasteiger partial charge < -0.3 is 19.1 Å². The summed E-state index contributed by atoms with van der Waals surface area (Å²) in [7, 11) is 0. The van der Waals surface area contributed by atoms with E-state index in [-0.39, 0.29) is 55.7 Å². The number of halogens is 3. The molecular weight excluding hydrogens is 1210 g/mol. The largest absolute Gasteiger partial charge is 0.509 e. The van der Waals surface area contributed by atoms with Crippen LogP contribution in [0.5, 0.6) is 11.5 Å². The van der Waals surface area contributed by atoms with Gasteiger partial charge in [-0.3, -0.25) is 0 Å². The molecule has 0 amide bonds. The summed E-state index contributed by atoms with van der Waals surface area (Å²) >= 11 is 0. The summed E-state index contributed by atoms with van der Waals surface area (Å²) in [4.78, 5) is 9.05. The van der Waals surface area contributed by atoms with Gasteiger partial charge in [-0.25, -0.2) is 18.2 Å². The molecule has 1 aliphatic rings. The van der Waals surface area contributed by atoms with Gasteiger partial charge in [-0.1, -0.05) is 169 Å². The van der Waals surface area contributed by atoms with Crippen molar-refractivity contribution in [3.05, 3.63) is 221 Å². The average molecular weight is 1290 g/mol. The Balaban J connectivity index is 0.00000769. The monoisotopic (exact) mass is 1280 g/mol. The van der Waals surface area contributed by atoms with Crippen molar-refractivity contribution in [1.82, 2.24) is 9.55 Å². The summed E-state index contributed by atoms with van der Waals surface area (Å²) in [5.74, 6) is -0.451. The van der Waals surface area contributed by atoms with Crippen molar-refractivity contribution >= 4 is 44.6 Å². The third-order valence-electron chi connectivity index (χ3n) is 16.1. The first-order valence-electron chi connectivity index (χ1n) is 28.8. The fraction of sp³-hybridized carbons (Fsp3) is 0.270. The van der Waals surface area contributed by atoms with Gasteiger partial charge in [0.1, 0.15) is 23.3 Å². The number of rotatable bonds is 12. The van der Waals surface area contributed by atoms with E-state index in [4.69, 9.17) is 9.72 Å². The summed E-state index contributed by atoms with van der Waals surface area (Å²) in [5, 5.41) is 2.10. The van der Waals surface area contributed by atoms with E-state index in [1.54, 1.807) is 0 Å². The second-order valence-electron chi connectivity index (χ2n) is 25.4. The van der Waals surface area contributed by atoms with Gasteiger partial charge in [-0.05, 0) is 127 Å². The van der Waals surface area contributed by atoms with E-state index in [2.05, 4.69) is 222 Å². The van der Waals surface area contributed by atoms with Gasteiger partial charge in [0.05, 0.1) is 5.56 Å². The Kier molecular flexibility index (Phi) is 16.0. The van der Waals surface area contributed by atoms with Crippen LogP contribution in [0, 0.1) is 36.3 Å².